The van der Waals surface area contributed by atoms with Gasteiger partial charge in [0.25, 0.3) is 0 Å². The van der Waals surface area contributed by atoms with Crippen molar-refractivity contribution in [1.82, 2.24) is 0 Å². The van der Waals surface area contributed by atoms with E-state index in [1.54, 1.807) is 0 Å². The van der Waals surface area contributed by atoms with Crippen molar-refractivity contribution in [3.8, 4) is 22.8 Å². The molecule has 0 unspecified atom stereocenters. The summed E-state index contributed by atoms with van der Waals surface area (Å²) in [5.41, 5.74) is 2.20. The van der Waals surface area contributed by atoms with Gasteiger partial charge >= 0.3 is 5.89 Å². The molecule has 0 N–H and O–H groups in total. The van der Waals surface area contributed by atoms with Crippen molar-refractivity contribution < 1.29 is 21.4 Å². The van der Waals surface area contributed by atoms with Gasteiger partial charge in [-0.05, 0) is 16.8 Å². The second kappa shape index (κ2) is 6.27. The topological polar surface area (TPSA) is 17.0 Å². The average molecular weight is 322 g/mol. The van der Waals surface area contributed by atoms with Gasteiger partial charge in [0, 0.05) is 5.56 Å². The fraction of sp³-hybridized carbons (Fsp3) is 0.0500. The van der Waals surface area contributed by atoms with Crippen LogP contribution in [0.5, 0.6) is 0 Å². The maximum atomic E-state index is 6.16. The second-order valence-electron chi connectivity index (χ2n) is 5.40. The van der Waals surface area contributed by atoms with Gasteiger partial charge in [-0.15, -0.1) is 0 Å². The molecular formula is C20H16ClNO. The average Bonchev–Trinajstić information content (AvgIpc) is 2.97. The molecule has 2 nitrogen and oxygen atoms in total. The summed E-state index contributed by atoms with van der Waals surface area (Å²) in [7, 11) is 2.02. The lowest BCUT2D eigenvalue weighted by molar-refractivity contribution is -0.662. The molecule has 0 atom stereocenters. The molecular weight excluding hydrogens is 306 g/mol. The van der Waals surface area contributed by atoms with E-state index in [4.69, 9.17) is 4.42 Å². The minimum Gasteiger partial charge on any atom is -1.00 e. The number of hydrogen-bond acceptors (Lipinski definition) is 1. The molecule has 0 saturated heterocycles. The van der Waals surface area contributed by atoms with Crippen molar-refractivity contribution in [3.05, 3.63) is 79.0 Å². The number of benzene rings is 3. The highest BCUT2D eigenvalue weighted by molar-refractivity contribution is 5.94. The lowest BCUT2D eigenvalue weighted by Crippen LogP contribution is -3.00. The number of oxazole rings is 1. The zero-order valence-corrected chi connectivity index (χ0v) is 13.5. The Balaban J connectivity index is 0.00000156. The molecule has 0 aliphatic rings. The highest BCUT2D eigenvalue weighted by Crippen LogP contribution is 2.29. The Morgan fingerprint density at radius 1 is 0.783 bits per heavy atom. The first kappa shape index (κ1) is 15.3. The summed E-state index contributed by atoms with van der Waals surface area (Å²) < 4.78 is 8.20. The Morgan fingerprint density at radius 2 is 1.48 bits per heavy atom. The molecule has 1 heterocycles. The molecule has 1 aromatic heterocycles. The second-order valence-corrected chi connectivity index (χ2v) is 5.40. The van der Waals surface area contributed by atoms with E-state index in [1.807, 2.05) is 36.0 Å². The molecule has 0 bridgehead atoms. The van der Waals surface area contributed by atoms with Crippen molar-refractivity contribution in [3.63, 3.8) is 0 Å². The van der Waals surface area contributed by atoms with E-state index >= 15 is 0 Å². The summed E-state index contributed by atoms with van der Waals surface area (Å²) in [5.74, 6) is 1.75. The van der Waals surface area contributed by atoms with E-state index < -0.39 is 0 Å². The fourth-order valence-electron chi connectivity index (χ4n) is 2.83. The molecule has 114 valence electrons. The van der Waals surface area contributed by atoms with E-state index in [-0.39, 0.29) is 12.4 Å². The van der Waals surface area contributed by atoms with Gasteiger partial charge in [-0.25, -0.2) is 0 Å². The van der Waals surface area contributed by atoms with Crippen molar-refractivity contribution in [1.29, 1.82) is 0 Å². The predicted octanol–water partition coefficient (Wildman–Crippen LogP) is 1.60. The fourth-order valence-corrected chi connectivity index (χ4v) is 2.83. The maximum Gasteiger partial charge on any atom is 0.381 e. The van der Waals surface area contributed by atoms with Crippen molar-refractivity contribution in [2.24, 2.45) is 7.05 Å². The molecule has 3 heteroatoms. The summed E-state index contributed by atoms with van der Waals surface area (Å²) in [6, 6.07) is 24.9. The van der Waals surface area contributed by atoms with Gasteiger partial charge in [0.2, 0.25) is 12.0 Å². The van der Waals surface area contributed by atoms with Crippen LogP contribution in [0.25, 0.3) is 33.6 Å². The molecule has 0 radical (unpaired) electrons. The van der Waals surface area contributed by atoms with E-state index in [0.29, 0.717) is 0 Å². The number of fused-ring (bicyclic) bond motifs is 1. The normalized spacial score (nSPS) is 10.5. The molecule has 4 rings (SSSR count). The lowest BCUT2D eigenvalue weighted by Gasteiger charge is -2.00. The van der Waals surface area contributed by atoms with Gasteiger partial charge < -0.3 is 16.8 Å². The molecule has 0 aliphatic carbocycles. The van der Waals surface area contributed by atoms with Crippen LogP contribution < -0.4 is 17.0 Å². The maximum absolute atomic E-state index is 6.16. The molecule has 23 heavy (non-hydrogen) atoms. The van der Waals surface area contributed by atoms with Gasteiger partial charge in [0.05, 0.1) is 5.56 Å². The van der Waals surface area contributed by atoms with Crippen molar-refractivity contribution in [2.45, 2.75) is 0 Å². The summed E-state index contributed by atoms with van der Waals surface area (Å²) in [5, 5.41) is 2.42. The molecule has 0 saturated carbocycles. The summed E-state index contributed by atoms with van der Waals surface area (Å²) in [6.45, 7) is 0. The Bertz CT molecular complexity index is 939. The third-order valence-electron chi connectivity index (χ3n) is 3.92. The monoisotopic (exact) mass is 321 g/mol. The molecule has 4 aromatic rings. The van der Waals surface area contributed by atoms with Crippen LogP contribution in [0.4, 0.5) is 0 Å². The third-order valence-corrected chi connectivity index (χ3v) is 3.92. The Morgan fingerprint density at radius 3 is 2.30 bits per heavy atom. The van der Waals surface area contributed by atoms with Crippen molar-refractivity contribution in [2.75, 3.05) is 0 Å². The van der Waals surface area contributed by atoms with E-state index in [0.717, 1.165) is 22.8 Å². The number of halogens is 1. The van der Waals surface area contributed by atoms with Gasteiger partial charge in [0.15, 0.2) is 0 Å². The van der Waals surface area contributed by atoms with E-state index in [2.05, 4.69) is 54.6 Å². The SMILES string of the molecule is C[n+]1cc(-c2ccccc2)oc1-c1cccc2ccccc12.[Cl-]. The molecule has 3 aromatic carbocycles. The number of aryl methyl sites for hydroxylation is 1. The standard InChI is InChI=1S/C20H16NO.ClH/c1-21-14-19(16-9-3-2-4-10-16)22-20(21)18-13-7-11-15-8-5-6-12-17(15)18;/h2-14H,1H3;1H/q+1;/p-1. The van der Waals surface area contributed by atoms with E-state index in [9.17, 15) is 0 Å². The number of rotatable bonds is 2. The van der Waals surface area contributed by atoms with Crippen LogP contribution in [0.3, 0.4) is 0 Å². The quantitative estimate of drug-likeness (QED) is 0.513. The van der Waals surface area contributed by atoms with Crippen molar-refractivity contribution >= 4 is 10.8 Å². The number of nitrogens with zero attached hydrogens (tertiary/aromatic N) is 1. The number of aromatic nitrogens is 1. The molecule has 0 amide bonds. The minimum atomic E-state index is 0. The van der Waals surface area contributed by atoms with Gasteiger partial charge in [-0.2, -0.15) is 4.57 Å². The highest BCUT2D eigenvalue weighted by Gasteiger charge is 2.20. The van der Waals surface area contributed by atoms with Crippen LogP contribution in [0.2, 0.25) is 0 Å². The zero-order valence-electron chi connectivity index (χ0n) is 12.7. The first-order valence-electron chi connectivity index (χ1n) is 7.36. The summed E-state index contributed by atoms with van der Waals surface area (Å²) >= 11 is 0. The smallest absolute Gasteiger partial charge is 0.381 e. The summed E-state index contributed by atoms with van der Waals surface area (Å²) in [4.78, 5) is 0. The summed E-state index contributed by atoms with van der Waals surface area (Å²) in [6.07, 6.45) is 2.03. The zero-order chi connectivity index (χ0) is 14.9. The number of hydrogen-bond donors (Lipinski definition) is 0. The van der Waals surface area contributed by atoms with Crippen LogP contribution in [-0.4, -0.2) is 0 Å². The van der Waals surface area contributed by atoms with Crippen LogP contribution in [-0.2, 0) is 7.05 Å². The van der Waals surface area contributed by atoms with Gasteiger partial charge in [-0.3, -0.25) is 0 Å². The van der Waals surface area contributed by atoms with Crippen LogP contribution in [0.1, 0.15) is 0 Å². The first-order chi connectivity index (χ1) is 10.8. The van der Waals surface area contributed by atoms with Gasteiger partial charge in [-0.1, -0.05) is 66.7 Å². The predicted molar refractivity (Wildman–Crippen MR) is 88.3 cm³/mol. The Hall–Kier alpha value is -2.58. The van der Waals surface area contributed by atoms with E-state index in [1.165, 1.54) is 10.8 Å². The van der Waals surface area contributed by atoms with Crippen LogP contribution in [0, 0.1) is 0 Å². The van der Waals surface area contributed by atoms with Crippen LogP contribution >= 0.6 is 0 Å². The highest BCUT2D eigenvalue weighted by atomic mass is 35.5. The lowest BCUT2D eigenvalue weighted by atomic mass is 10.0. The molecule has 0 spiro atoms. The first-order valence-corrected chi connectivity index (χ1v) is 7.36. The largest absolute Gasteiger partial charge is 1.00 e. The molecule has 0 fully saturated rings. The third kappa shape index (κ3) is 2.73. The van der Waals surface area contributed by atoms with Gasteiger partial charge in [0.1, 0.15) is 7.05 Å². The molecule has 0 aliphatic heterocycles. The Labute approximate surface area is 141 Å². The minimum absolute atomic E-state index is 0. The van der Waals surface area contributed by atoms with Crippen LogP contribution in [0.15, 0.2) is 83.4 Å². The Kier molecular flexibility index (Phi) is 4.18.